The van der Waals surface area contributed by atoms with E-state index in [0.717, 1.165) is 25.7 Å². The van der Waals surface area contributed by atoms with Gasteiger partial charge in [0.25, 0.3) is 5.91 Å². The van der Waals surface area contributed by atoms with Crippen LogP contribution in [0.3, 0.4) is 0 Å². The summed E-state index contributed by atoms with van der Waals surface area (Å²) in [5.74, 6) is -2.39. The summed E-state index contributed by atoms with van der Waals surface area (Å²) in [5.41, 5.74) is 0.0292. The Balaban J connectivity index is 1.71. The molecule has 0 unspecified atom stereocenters. The normalized spacial score (nSPS) is 16.5. The number of rotatable bonds is 4. The zero-order valence-corrected chi connectivity index (χ0v) is 15.4. The van der Waals surface area contributed by atoms with Gasteiger partial charge in [0.15, 0.2) is 0 Å². The molecule has 1 aromatic heterocycles. The maximum Gasteiger partial charge on any atom is 0.470 e. The third kappa shape index (κ3) is 4.50. The molecule has 0 bridgehead atoms. The number of alkyl halides is 3. The molecule has 0 atom stereocenters. The quantitative estimate of drug-likeness (QED) is 0.819. The van der Waals surface area contributed by atoms with Crippen molar-refractivity contribution < 1.29 is 30.8 Å². The highest BCUT2D eigenvalue weighted by atomic mass is 32.2. The topological polar surface area (TPSA) is 105 Å². The Bertz CT molecular complexity index is 934. The molecule has 1 fully saturated rings. The molecule has 1 N–H and O–H groups in total. The number of benzene rings is 1. The second kappa shape index (κ2) is 7.87. The summed E-state index contributed by atoms with van der Waals surface area (Å²) < 4.78 is 68.4. The number of amides is 1. The molecule has 3 rings (SSSR count). The molecule has 1 aromatic carbocycles. The molecular weight excluding hydrogens is 401 g/mol. The molecule has 1 saturated heterocycles. The molecule has 1 aliphatic rings. The Morgan fingerprint density at radius 1 is 1.04 bits per heavy atom. The van der Waals surface area contributed by atoms with E-state index < -0.39 is 34.0 Å². The molecule has 152 valence electrons. The van der Waals surface area contributed by atoms with Crippen molar-refractivity contribution in [1.82, 2.24) is 14.5 Å². The highest BCUT2D eigenvalue weighted by molar-refractivity contribution is 7.89. The van der Waals surface area contributed by atoms with Crippen LogP contribution in [-0.2, 0) is 16.2 Å². The van der Waals surface area contributed by atoms with E-state index in [4.69, 9.17) is 0 Å². The first kappa shape index (κ1) is 20.3. The van der Waals surface area contributed by atoms with E-state index in [1.165, 1.54) is 28.6 Å². The van der Waals surface area contributed by atoms with E-state index in [1.807, 2.05) is 5.32 Å². The van der Waals surface area contributed by atoms with Crippen LogP contribution < -0.4 is 5.32 Å². The van der Waals surface area contributed by atoms with Crippen LogP contribution in [0.1, 0.15) is 41.9 Å². The number of hydrogen-bond donors (Lipinski definition) is 1. The van der Waals surface area contributed by atoms with Crippen LogP contribution in [0.25, 0.3) is 0 Å². The Morgan fingerprint density at radius 3 is 2.18 bits per heavy atom. The van der Waals surface area contributed by atoms with E-state index in [0.29, 0.717) is 13.1 Å². The zero-order valence-electron chi connectivity index (χ0n) is 14.6. The van der Waals surface area contributed by atoms with Gasteiger partial charge in [-0.2, -0.15) is 17.5 Å². The van der Waals surface area contributed by atoms with Crippen LogP contribution in [0, 0.1) is 0 Å². The van der Waals surface area contributed by atoms with Crippen LogP contribution in [0.5, 0.6) is 0 Å². The molecule has 0 saturated carbocycles. The lowest BCUT2D eigenvalue weighted by Gasteiger charge is -2.19. The van der Waals surface area contributed by atoms with Crippen molar-refractivity contribution in [3.8, 4) is 0 Å². The second-order valence-electron chi connectivity index (χ2n) is 6.21. The summed E-state index contributed by atoms with van der Waals surface area (Å²) in [4.78, 5) is 12.1. The van der Waals surface area contributed by atoms with Gasteiger partial charge in [-0.3, -0.25) is 10.1 Å². The van der Waals surface area contributed by atoms with Gasteiger partial charge in [0, 0.05) is 18.7 Å². The van der Waals surface area contributed by atoms with Gasteiger partial charge in [0.2, 0.25) is 10.0 Å². The Morgan fingerprint density at radius 2 is 1.64 bits per heavy atom. The van der Waals surface area contributed by atoms with Gasteiger partial charge in [0.1, 0.15) is 0 Å². The number of sulfonamides is 1. The first-order valence-electron chi connectivity index (χ1n) is 8.50. The van der Waals surface area contributed by atoms with E-state index in [-0.39, 0.29) is 10.5 Å². The minimum absolute atomic E-state index is 0.0292. The average Bonchev–Trinajstić information content (AvgIpc) is 2.94. The molecule has 2 aromatic rings. The standard InChI is InChI=1S/C16H17F3N4O4S/c17-16(18,19)14-21-22-15(27-14)20-13(24)11-5-7-12(8-6-11)28(25,26)23-9-3-1-2-4-10-23/h5-8H,1-4,9-10H2,(H,20,22,24). The summed E-state index contributed by atoms with van der Waals surface area (Å²) in [7, 11) is -3.66. The van der Waals surface area contributed by atoms with Gasteiger partial charge in [-0.05, 0) is 37.1 Å². The first-order valence-corrected chi connectivity index (χ1v) is 9.94. The summed E-state index contributed by atoms with van der Waals surface area (Å²) >= 11 is 0. The van der Waals surface area contributed by atoms with Gasteiger partial charge < -0.3 is 4.42 Å². The number of carbonyl (C=O) groups excluding carboxylic acids is 1. The van der Waals surface area contributed by atoms with Crippen molar-refractivity contribution in [2.45, 2.75) is 36.8 Å². The van der Waals surface area contributed by atoms with Crippen molar-refractivity contribution >= 4 is 21.9 Å². The Hall–Kier alpha value is -2.47. The fraction of sp³-hybridized carbons (Fsp3) is 0.438. The lowest BCUT2D eigenvalue weighted by Crippen LogP contribution is -2.31. The van der Waals surface area contributed by atoms with Crippen LogP contribution in [0.4, 0.5) is 19.2 Å². The van der Waals surface area contributed by atoms with Crippen LogP contribution >= 0.6 is 0 Å². The van der Waals surface area contributed by atoms with E-state index in [1.54, 1.807) is 0 Å². The maximum atomic E-state index is 12.7. The highest BCUT2D eigenvalue weighted by Gasteiger charge is 2.38. The van der Waals surface area contributed by atoms with Crippen molar-refractivity contribution in [1.29, 1.82) is 0 Å². The minimum Gasteiger partial charge on any atom is -0.399 e. The van der Waals surface area contributed by atoms with E-state index in [2.05, 4.69) is 14.6 Å². The number of hydrogen-bond acceptors (Lipinski definition) is 6. The van der Waals surface area contributed by atoms with E-state index >= 15 is 0 Å². The highest BCUT2D eigenvalue weighted by Crippen LogP contribution is 2.29. The molecule has 1 aliphatic heterocycles. The molecule has 28 heavy (non-hydrogen) atoms. The monoisotopic (exact) mass is 418 g/mol. The zero-order chi connectivity index (χ0) is 20.4. The van der Waals surface area contributed by atoms with Crippen molar-refractivity contribution in [2.75, 3.05) is 18.4 Å². The number of halogens is 3. The third-order valence-corrected chi connectivity index (χ3v) is 6.12. The van der Waals surface area contributed by atoms with Gasteiger partial charge >= 0.3 is 18.1 Å². The Labute approximate surface area is 158 Å². The molecule has 1 amide bonds. The van der Waals surface area contributed by atoms with Crippen LogP contribution in [-0.4, -0.2) is 41.9 Å². The third-order valence-electron chi connectivity index (χ3n) is 4.21. The fourth-order valence-corrected chi connectivity index (χ4v) is 4.28. The number of nitrogens with one attached hydrogen (secondary N) is 1. The first-order chi connectivity index (χ1) is 13.2. The fourth-order valence-electron chi connectivity index (χ4n) is 2.77. The summed E-state index contributed by atoms with van der Waals surface area (Å²) in [6.07, 6.45) is -1.26. The van der Waals surface area contributed by atoms with Crippen LogP contribution in [0.2, 0.25) is 0 Å². The van der Waals surface area contributed by atoms with Gasteiger partial charge in [-0.25, -0.2) is 8.42 Å². The number of anilines is 1. The van der Waals surface area contributed by atoms with Crippen LogP contribution in [0.15, 0.2) is 33.6 Å². The molecular formula is C16H17F3N4O4S. The molecule has 0 aliphatic carbocycles. The second-order valence-corrected chi connectivity index (χ2v) is 8.14. The average molecular weight is 418 g/mol. The summed E-state index contributed by atoms with van der Waals surface area (Å²) in [6, 6.07) is 4.38. The SMILES string of the molecule is O=C(Nc1nnc(C(F)(F)F)o1)c1ccc(S(=O)(=O)N2CCCCCC2)cc1. The van der Waals surface area contributed by atoms with Crippen molar-refractivity contribution in [2.24, 2.45) is 0 Å². The maximum absolute atomic E-state index is 12.7. The Kier molecular flexibility index (Phi) is 5.70. The van der Waals surface area contributed by atoms with Gasteiger partial charge in [-0.1, -0.05) is 17.9 Å². The van der Waals surface area contributed by atoms with Gasteiger partial charge in [0.05, 0.1) is 4.90 Å². The molecule has 12 heteroatoms. The molecule has 0 radical (unpaired) electrons. The van der Waals surface area contributed by atoms with Crippen molar-refractivity contribution in [3.05, 3.63) is 35.7 Å². The lowest BCUT2D eigenvalue weighted by molar-refractivity contribution is -0.156. The minimum atomic E-state index is -4.82. The number of carbonyl (C=O) groups is 1. The smallest absolute Gasteiger partial charge is 0.399 e. The lowest BCUT2D eigenvalue weighted by atomic mass is 10.2. The molecule has 0 spiro atoms. The largest absolute Gasteiger partial charge is 0.470 e. The predicted octanol–water partition coefficient (Wildman–Crippen LogP) is 2.91. The summed E-state index contributed by atoms with van der Waals surface area (Å²) in [5, 5.41) is 7.94. The predicted molar refractivity (Wildman–Crippen MR) is 90.9 cm³/mol. The molecule has 8 nitrogen and oxygen atoms in total. The molecule has 2 heterocycles. The van der Waals surface area contributed by atoms with Crippen molar-refractivity contribution in [3.63, 3.8) is 0 Å². The summed E-state index contributed by atoms with van der Waals surface area (Å²) in [6.45, 7) is 0.895. The van der Waals surface area contributed by atoms with E-state index in [9.17, 15) is 26.4 Å². The van der Waals surface area contributed by atoms with Gasteiger partial charge in [-0.15, -0.1) is 5.10 Å². The number of nitrogens with zero attached hydrogens (tertiary/aromatic N) is 3. The number of aromatic nitrogens is 2.